The van der Waals surface area contributed by atoms with Crippen LogP contribution in [-0.2, 0) is 13.2 Å². The van der Waals surface area contributed by atoms with Crippen molar-refractivity contribution in [2.75, 3.05) is 12.8 Å². The Morgan fingerprint density at radius 2 is 2.10 bits per heavy atom. The molecule has 3 nitrogen and oxygen atoms in total. The summed E-state index contributed by atoms with van der Waals surface area (Å²) in [5, 5.41) is 3.36. The third-order valence-electron chi connectivity index (χ3n) is 3.22. The number of thioether (sulfide) groups is 1. The van der Waals surface area contributed by atoms with E-state index in [-0.39, 0.29) is 0 Å². The molecule has 1 aromatic carbocycles. The minimum absolute atomic E-state index is 0.464. The van der Waals surface area contributed by atoms with Gasteiger partial charge in [-0.3, -0.25) is 0 Å². The number of ether oxygens (including phenoxy) is 1. The van der Waals surface area contributed by atoms with Gasteiger partial charge in [0.2, 0.25) is 0 Å². The molecule has 0 fully saturated rings. The summed E-state index contributed by atoms with van der Waals surface area (Å²) >= 11 is 1.69. The molecule has 0 amide bonds. The predicted molar refractivity (Wildman–Crippen MR) is 88.0 cm³/mol. The van der Waals surface area contributed by atoms with Gasteiger partial charge < -0.3 is 14.5 Å². The lowest BCUT2D eigenvalue weighted by Gasteiger charge is -2.08. The van der Waals surface area contributed by atoms with Crippen molar-refractivity contribution >= 4 is 11.8 Å². The monoisotopic (exact) mass is 305 g/mol. The van der Waals surface area contributed by atoms with Gasteiger partial charge in [-0.2, -0.15) is 0 Å². The number of furan rings is 1. The highest BCUT2D eigenvalue weighted by Gasteiger charge is 2.09. The van der Waals surface area contributed by atoms with Crippen LogP contribution < -0.4 is 10.1 Å². The highest BCUT2D eigenvalue weighted by molar-refractivity contribution is 7.98. The van der Waals surface area contributed by atoms with Crippen LogP contribution in [0, 0.1) is 6.92 Å². The van der Waals surface area contributed by atoms with Crippen LogP contribution in [0.4, 0.5) is 0 Å². The van der Waals surface area contributed by atoms with Crippen molar-refractivity contribution in [3.8, 4) is 5.75 Å². The fourth-order valence-corrected chi connectivity index (χ4v) is 2.65. The highest BCUT2D eigenvalue weighted by Crippen LogP contribution is 2.28. The van der Waals surface area contributed by atoms with Gasteiger partial charge in [-0.1, -0.05) is 19.1 Å². The lowest BCUT2D eigenvalue weighted by molar-refractivity contribution is 0.259. The van der Waals surface area contributed by atoms with Crippen molar-refractivity contribution in [2.24, 2.45) is 0 Å². The second-order valence-electron chi connectivity index (χ2n) is 4.94. The van der Waals surface area contributed by atoms with Crippen molar-refractivity contribution in [3.05, 3.63) is 47.4 Å². The average molecular weight is 305 g/mol. The smallest absolute Gasteiger partial charge is 0.146 e. The lowest BCUT2D eigenvalue weighted by atomic mass is 10.2. The first-order chi connectivity index (χ1) is 10.2. The van der Waals surface area contributed by atoms with Gasteiger partial charge >= 0.3 is 0 Å². The molecule has 0 radical (unpaired) electrons. The molecule has 0 unspecified atom stereocenters. The summed E-state index contributed by atoms with van der Waals surface area (Å²) < 4.78 is 11.7. The van der Waals surface area contributed by atoms with Crippen molar-refractivity contribution < 1.29 is 9.15 Å². The summed E-state index contributed by atoms with van der Waals surface area (Å²) in [5.74, 6) is 2.78. The predicted octanol–water partition coefficient (Wildman–Crippen LogP) is 4.39. The first-order valence-corrected chi connectivity index (χ1v) is 8.51. The van der Waals surface area contributed by atoms with E-state index in [2.05, 4.69) is 37.6 Å². The van der Waals surface area contributed by atoms with Crippen LogP contribution in [0.15, 0.2) is 39.6 Å². The maximum absolute atomic E-state index is 5.87. The Hall–Kier alpha value is -1.39. The molecule has 0 saturated heterocycles. The fourth-order valence-electron chi connectivity index (χ4n) is 2.10. The molecule has 0 saturated carbocycles. The summed E-state index contributed by atoms with van der Waals surface area (Å²) in [5.41, 5.74) is 1.18. The molecule has 114 valence electrons. The topological polar surface area (TPSA) is 34.4 Å². The van der Waals surface area contributed by atoms with E-state index in [0.717, 1.165) is 41.7 Å². The maximum Gasteiger partial charge on any atom is 0.146 e. The second kappa shape index (κ2) is 8.15. The first kappa shape index (κ1) is 16.0. The van der Waals surface area contributed by atoms with Gasteiger partial charge in [-0.15, -0.1) is 11.8 Å². The molecule has 0 aliphatic carbocycles. The van der Waals surface area contributed by atoms with Crippen LogP contribution >= 0.6 is 11.8 Å². The van der Waals surface area contributed by atoms with Gasteiger partial charge in [0.1, 0.15) is 23.9 Å². The zero-order chi connectivity index (χ0) is 15.1. The quantitative estimate of drug-likeness (QED) is 0.579. The minimum atomic E-state index is 0.464. The highest BCUT2D eigenvalue weighted by atomic mass is 32.2. The number of benzene rings is 1. The van der Waals surface area contributed by atoms with Gasteiger partial charge in [-0.05, 0) is 49.9 Å². The molecule has 4 heteroatoms. The van der Waals surface area contributed by atoms with Gasteiger partial charge in [0.05, 0.1) is 6.54 Å². The molecule has 0 aliphatic heterocycles. The number of rotatable bonds is 8. The Balaban J connectivity index is 1.95. The molecule has 0 spiro atoms. The number of hydrogen-bond acceptors (Lipinski definition) is 4. The van der Waals surface area contributed by atoms with Gasteiger partial charge in [-0.25, -0.2) is 0 Å². The molecule has 1 N–H and O–H groups in total. The van der Waals surface area contributed by atoms with E-state index in [1.165, 1.54) is 5.56 Å². The van der Waals surface area contributed by atoms with Crippen molar-refractivity contribution in [3.63, 3.8) is 0 Å². The standard InChI is InChI=1S/C17H23NO2S/c1-4-9-18-11-16-13(2)10-14(20-16)12-19-15-7-5-6-8-17(15)21-3/h5-8,10,18H,4,9,11-12H2,1-3H3. The van der Waals surface area contributed by atoms with E-state index in [4.69, 9.17) is 9.15 Å². The van der Waals surface area contributed by atoms with Crippen molar-refractivity contribution in [1.29, 1.82) is 0 Å². The molecule has 1 aromatic heterocycles. The zero-order valence-electron chi connectivity index (χ0n) is 12.9. The maximum atomic E-state index is 5.87. The zero-order valence-corrected chi connectivity index (χ0v) is 13.8. The number of hydrogen-bond donors (Lipinski definition) is 1. The Bertz CT molecular complexity index is 566. The summed E-state index contributed by atoms with van der Waals surface area (Å²) in [7, 11) is 0. The largest absolute Gasteiger partial charge is 0.484 e. The summed E-state index contributed by atoms with van der Waals surface area (Å²) in [4.78, 5) is 1.14. The first-order valence-electron chi connectivity index (χ1n) is 7.29. The number of nitrogens with one attached hydrogen (secondary N) is 1. The normalized spacial score (nSPS) is 10.8. The molecule has 1 heterocycles. The van der Waals surface area contributed by atoms with Gasteiger partial charge in [0.25, 0.3) is 0 Å². The molecule has 21 heavy (non-hydrogen) atoms. The molecule has 0 atom stereocenters. The van der Waals surface area contributed by atoms with E-state index >= 15 is 0 Å². The Labute approximate surface area is 131 Å². The minimum Gasteiger partial charge on any atom is -0.484 e. The van der Waals surface area contributed by atoms with E-state index < -0.39 is 0 Å². The van der Waals surface area contributed by atoms with E-state index in [1.54, 1.807) is 11.8 Å². The fraction of sp³-hybridized carbons (Fsp3) is 0.412. The summed E-state index contributed by atoms with van der Waals surface area (Å²) in [6.07, 6.45) is 3.18. The van der Waals surface area contributed by atoms with Gasteiger partial charge in [0, 0.05) is 4.90 Å². The van der Waals surface area contributed by atoms with E-state index in [1.807, 2.05) is 18.2 Å². The van der Waals surface area contributed by atoms with Gasteiger partial charge in [0.15, 0.2) is 0 Å². The third kappa shape index (κ3) is 4.55. The van der Waals surface area contributed by atoms with Crippen molar-refractivity contribution in [2.45, 2.75) is 38.3 Å². The van der Waals surface area contributed by atoms with Crippen LogP contribution in [0.25, 0.3) is 0 Å². The summed E-state index contributed by atoms with van der Waals surface area (Å²) in [6.45, 7) is 6.48. The van der Waals surface area contributed by atoms with Crippen LogP contribution in [0.3, 0.4) is 0 Å². The Kier molecular flexibility index (Phi) is 6.21. The van der Waals surface area contributed by atoms with Crippen molar-refractivity contribution in [1.82, 2.24) is 5.32 Å². The van der Waals surface area contributed by atoms with Crippen LogP contribution in [-0.4, -0.2) is 12.8 Å². The Morgan fingerprint density at radius 1 is 1.29 bits per heavy atom. The Morgan fingerprint density at radius 3 is 2.86 bits per heavy atom. The van der Waals surface area contributed by atoms with Crippen LogP contribution in [0.1, 0.15) is 30.4 Å². The molecular weight excluding hydrogens is 282 g/mol. The molecule has 0 aliphatic rings. The molecule has 2 rings (SSSR count). The van der Waals surface area contributed by atoms with Crippen LogP contribution in [0.2, 0.25) is 0 Å². The summed E-state index contributed by atoms with van der Waals surface area (Å²) in [6, 6.07) is 10.1. The molecule has 0 bridgehead atoms. The second-order valence-corrected chi connectivity index (χ2v) is 5.78. The number of aryl methyl sites for hydroxylation is 1. The van der Waals surface area contributed by atoms with E-state index in [9.17, 15) is 0 Å². The lowest BCUT2D eigenvalue weighted by Crippen LogP contribution is -2.13. The molecular formula is C17H23NO2S. The average Bonchev–Trinajstić information content (AvgIpc) is 2.86. The SMILES string of the molecule is CCCNCc1oc(COc2ccccc2SC)cc1C. The van der Waals surface area contributed by atoms with E-state index in [0.29, 0.717) is 6.61 Å². The van der Waals surface area contributed by atoms with Crippen LogP contribution in [0.5, 0.6) is 5.75 Å². The third-order valence-corrected chi connectivity index (χ3v) is 4.00. The molecule has 2 aromatic rings. The number of para-hydroxylation sites is 1.